The van der Waals surface area contributed by atoms with Crippen LogP contribution in [0.25, 0.3) is 0 Å². The maximum absolute atomic E-state index is 6.10. The van der Waals surface area contributed by atoms with Crippen molar-refractivity contribution in [1.29, 1.82) is 0 Å². The van der Waals surface area contributed by atoms with Crippen LogP contribution in [0.15, 0.2) is 77.3 Å². The first kappa shape index (κ1) is 19.5. The van der Waals surface area contributed by atoms with E-state index in [9.17, 15) is 0 Å². The molecule has 2 N–H and O–H groups in total. The summed E-state index contributed by atoms with van der Waals surface area (Å²) in [6.07, 6.45) is 6.23. The second-order valence-corrected chi connectivity index (χ2v) is 7.32. The first-order chi connectivity index (χ1) is 13.1. The van der Waals surface area contributed by atoms with Crippen LogP contribution in [0.1, 0.15) is 31.0 Å². The summed E-state index contributed by atoms with van der Waals surface area (Å²) in [5.41, 5.74) is 3.48. The molecular formula is C22H23Cl2N3. The third-order valence-corrected chi connectivity index (χ3v) is 5.26. The molecular weight excluding hydrogens is 377 g/mol. The lowest BCUT2D eigenvalue weighted by Crippen LogP contribution is -2.29. The van der Waals surface area contributed by atoms with Crippen molar-refractivity contribution in [3.8, 4) is 0 Å². The number of halogens is 2. The third kappa shape index (κ3) is 4.94. The Balaban J connectivity index is 1.82. The van der Waals surface area contributed by atoms with Crippen LogP contribution in [0.3, 0.4) is 0 Å². The summed E-state index contributed by atoms with van der Waals surface area (Å²) >= 11 is 12.1. The van der Waals surface area contributed by atoms with Gasteiger partial charge in [0.15, 0.2) is 5.96 Å². The fourth-order valence-corrected chi connectivity index (χ4v) is 3.39. The minimum absolute atomic E-state index is 0.125. The smallest absolute Gasteiger partial charge is 0.192 e. The van der Waals surface area contributed by atoms with Crippen LogP contribution in [0.5, 0.6) is 0 Å². The van der Waals surface area contributed by atoms with Crippen molar-refractivity contribution in [1.82, 2.24) is 10.6 Å². The van der Waals surface area contributed by atoms with Gasteiger partial charge in [0.25, 0.3) is 0 Å². The van der Waals surface area contributed by atoms with Gasteiger partial charge in [-0.1, -0.05) is 77.8 Å². The van der Waals surface area contributed by atoms with E-state index in [2.05, 4.69) is 54.0 Å². The molecule has 1 fully saturated rings. The number of nitrogens with zero attached hydrogens (tertiary/aromatic N) is 1. The molecule has 1 saturated heterocycles. The molecule has 2 aromatic carbocycles. The number of rotatable bonds is 5. The maximum Gasteiger partial charge on any atom is 0.192 e. The Bertz CT molecular complexity index is 872. The van der Waals surface area contributed by atoms with Gasteiger partial charge in [0, 0.05) is 0 Å². The van der Waals surface area contributed by atoms with Crippen molar-refractivity contribution >= 4 is 29.2 Å². The number of nitrogens with one attached hydrogen (secondary N) is 2. The van der Waals surface area contributed by atoms with Gasteiger partial charge in [-0.15, -0.1) is 0 Å². The predicted molar refractivity (Wildman–Crippen MR) is 115 cm³/mol. The zero-order valence-electron chi connectivity index (χ0n) is 15.4. The quantitative estimate of drug-likeness (QED) is 0.634. The largest absolute Gasteiger partial charge is 0.347 e. The molecule has 140 valence electrons. The highest BCUT2D eigenvalue weighted by molar-refractivity contribution is 6.42. The average molecular weight is 400 g/mol. The van der Waals surface area contributed by atoms with Crippen molar-refractivity contribution in [3.63, 3.8) is 0 Å². The summed E-state index contributed by atoms with van der Waals surface area (Å²) in [6, 6.07) is 16.3. The van der Waals surface area contributed by atoms with Crippen molar-refractivity contribution in [2.24, 2.45) is 4.99 Å². The van der Waals surface area contributed by atoms with Gasteiger partial charge in [0.05, 0.1) is 28.7 Å². The van der Waals surface area contributed by atoms with E-state index >= 15 is 0 Å². The summed E-state index contributed by atoms with van der Waals surface area (Å²) in [6.45, 7) is 4.68. The summed E-state index contributed by atoms with van der Waals surface area (Å²) in [4.78, 5) is 4.70. The number of guanidine groups is 1. The van der Waals surface area contributed by atoms with E-state index < -0.39 is 0 Å². The van der Waals surface area contributed by atoms with Crippen LogP contribution in [-0.4, -0.2) is 12.0 Å². The molecule has 27 heavy (non-hydrogen) atoms. The molecule has 3 nitrogen and oxygen atoms in total. The van der Waals surface area contributed by atoms with Crippen molar-refractivity contribution in [2.45, 2.75) is 32.5 Å². The second-order valence-electron chi connectivity index (χ2n) is 6.50. The molecule has 2 atom stereocenters. The Hall–Kier alpha value is -2.23. The van der Waals surface area contributed by atoms with E-state index in [1.807, 2.05) is 31.2 Å². The number of benzene rings is 2. The first-order valence-electron chi connectivity index (χ1n) is 8.94. The second kappa shape index (κ2) is 9.12. The lowest BCUT2D eigenvalue weighted by Gasteiger charge is -2.19. The Kier molecular flexibility index (Phi) is 6.59. The van der Waals surface area contributed by atoms with Gasteiger partial charge in [-0.05, 0) is 42.7 Å². The van der Waals surface area contributed by atoms with Crippen LogP contribution < -0.4 is 10.6 Å². The van der Waals surface area contributed by atoms with Gasteiger partial charge in [-0.25, -0.2) is 4.99 Å². The molecule has 1 aliphatic rings. The molecule has 0 bridgehead atoms. The van der Waals surface area contributed by atoms with Crippen LogP contribution >= 0.6 is 23.2 Å². The molecule has 0 aromatic heterocycles. The van der Waals surface area contributed by atoms with E-state index in [0.717, 1.165) is 11.5 Å². The Labute approximate surface area is 170 Å². The van der Waals surface area contributed by atoms with E-state index in [4.69, 9.17) is 28.2 Å². The van der Waals surface area contributed by atoms with E-state index in [1.54, 1.807) is 6.07 Å². The Morgan fingerprint density at radius 1 is 1.07 bits per heavy atom. The maximum atomic E-state index is 6.10. The molecule has 0 radical (unpaired) electrons. The zero-order chi connectivity index (χ0) is 19.2. The van der Waals surface area contributed by atoms with E-state index in [1.165, 1.54) is 11.1 Å². The summed E-state index contributed by atoms with van der Waals surface area (Å²) in [5, 5.41) is 8.15. The SMILES string of the molecule is C/C=C\C=C(/C)[C@H]1NC(=NCc2ccc(Cl)c(Cl)c2)NC1c1ccccc1. The summed E-state index contributed by atoms with van der Waals surface area (Å²) in [7, 11) is 0. The van der Waals surface area contributed by atoms with E-state index in [-0.39, 0.29) is 12.1 Å². The van der Waals surface area contributed by atoms with Gasteiger partial charge in [-0.2, -0.15) is 0 Å². The molecule has 0 amide bonds. The van der Waals surface area contributed by atoms with Gasteiger partial charge >= 0.3 is 0 Å². The van der Waals surface area contributed by atoms with Crippen LogP contribution in [0.4, 0.5) is 0 Å². The average Bonchev–Trinajstić information content (AvgIpc) is 3.12. The number of allylic oxidation sites excluding steroid dienone is 3. The third-order valence-electron chi connectivity index (χ3n) is 4.52. The molecule has 1 aliphatic heterocycles. The van der Waals surface area contributed by atoms with Gasteiger partial charge in [0.2, 0.25) is 0 Å². The van der Waals surface area contributed by atoms with Crippen LogP contribution in [0.2, 0.25) is 10.0 Å². The van der Waals surface area contributed by atoms with Crippen molar-refractivity contribution < 1.29 is 0 Å². The minimum Gasteiger partial charge on any atom is -0.347 e. The number of hydrogen-bond donors (Lipinski definition) is 2. The fraction of sp³-hybridized carbons (Fsp3) is 0.227. The lowest BCUT2D eigenvalue weighted by atomic mass is 9.95. The monoisotopic (exact) mass is 399 g/mol. The number of hydrogen-bond acceptors (Lipinski definition) is 1. The highest BCUT2D eigenvalue weighted by Crippen LogP contribution is 2.26. The Morgan fingerprint density at radius 2 is 1.85 bits per heavy atom. The first-order valence-corrected chi connectivity index (χ1v) is 9.70. The fourth-order valence-electron chi connectivity index (χ4n) is 3.07. The highest BCUT2D eigenvalue weighted by atomic mass is 35.5. The Morgan fingerprint density at radius 3 is 2.56 bits per heavy atom. The van der Waals surface area contributed by atoms with E-state index in [0.29, 0.717) is 16.6 Å². The van der Waals surface area contributed by atoms with Gasteiger partial charge in [-0.3, -0.25) is 0 Å². The van der Waals surface area contributed by atoms with Crippen molar-refractivity contribution in [3.05, 3.63) is 93.5 Å². The van der Waals surface area contributed by atoms with Crippen LogP contribution in [-0.2, 0) is 6.54 Å². The molecule has 0 spiro atoms. The standard InChI is InChI=1S/C22H23Cl2N3/c1-3-4-8-15(2)20-21(17-9-6-5-7-10-17)27-22(26-20)25-14-16-11-12-18(23)19(24)13-16/h3-13,20-21H,14H2,1-2H3,(H2,25,26,27)/b4-3-,15-8+/t20-,21?/m1/s1. The highest BCUT2D eigenvalue weighted by Gasteiger charge is 2.32. The van der Waals surface area contributed by atoms with Crippen LogP contribution in [0, 0.1) is 0 Å². The van der Waals surface area contributed by atoms with Gasteiger partial charge < -0.3 is 10.6 Å². The zero-order valence-corrected chi connectivity index (χ0v) is 16.9. The minimum atomic E-state index is 0.125. The van der Waals surface area contributed by atoms with Gasteiger partial charge in [0.1, 0.15) is 0 Å². The summed E-state index contributed by atoms with van der Waals surface area (Å²) in [5.74, 6) is 0.785. The molecule has 0 saturated carbocycles. The molecule has 0 aliphatic carbocycles. The molecule has 2 aromatic rings. The lowest BCUT2D eigenvalue weighted by molar-refractivity contribution is 0.589. The summed E-state index contributed by atoms with van der Waals surface area (Å²) < 4.78 is 0. The number of aliphatic imine (C=N–C) groups is 1. The normalized spacial score (nSPS) is 21.5. The van der Waals surface area contributed by atoms with Crippen molar-refractivity contribution in [2.75, 3.05) is 0 Å². The predicted octanol–water partition coefficient (Wildman–Crippen LogP) is 5.67. The topological polar surface area (TPSA) is 36.4 Å². The molecule has 1 heterocycles. The molecule has 5 heteroatoms. The molecule has 3 rings (SSSR count). The molecule has 1 unspecified atom stereocenters.